The largest absolute Gasteiger partial charge is 0.462 e. The van der Waals surface area contributed by atoms with Crippen molar-refractivity contribution in [3.63, 3.8) is 0 Å². The second-order valence-electron chi connectivity index (χ2n) is 6.25. The fourth-order valence-corrected chi connectivity index (χ4v) is 2.66. The van der Waals surface area contributed by atoms with Crippen molar-refractivity contribution in [2.45, 2.75) is 45.6 Å². The van der Waals surface area contributed by atoms with E-state index in [0.29, 0.717) is 0 Å². The summed E-state index contributed by atoms with van der Waals surface area (Å²) in [5, 5.41) is 0. The second kappa shape index (κ2) is 6.40. The average molecular weight is 314 g/mol. The van der Waals surface area contributed by atoms with E-state index in [1.54, 1.807) is 12.4 Å². The van der Waals surface area contributed by atoms with Crippen molar-refractivity contribution in [1.29, 1.82) is 0 Å². The third kappa shape index (κ3) is 3.52. The maximum absolute atomic E-state index is 12.0. The van der Waals surface area contributed by atoms with Gasteiger partial charge in [-0.2, -0.15) is 4.98 Å². The highest BCUT2D eigenvalue weighted by atomic mass is 16.5. The maximum atomic E-state index is 12.0. The first kappa shape index (κ1) is 15.5. The Bertz CT molecular complexity index is 690. The molecule has 6 nitrogen and oxygen atoms in total. The Hall–Kier alpha value is -2.37. The number of amides is 1. The van der Waals surface area contributed by atoms with Crippen LogP contribution in [0.4, 0.5) is 4.79 Å². The fourth-order valence-electron chi connectivity index (χ4n) is 2.66. The lowest BCUT2D eigenvalue weighted by Crippen LogP contribution is -2.24. The number of primary amides is 1. The zero-order chi connectivity index (χ0) is 16.4. The fraction of sp³-hybridized carbons (Fsp3) is 0.471. The summed E-state index contributed by atoms with van der Waals surface area (Å²) in [4.78, 5) is 20.7. The molecule has 1 aliphatic rings. The van der Waals surface area contributed by atoms with Gasteiger partial charge in [0.25, 0.3) is 0 Å². The summed E-state index contributed by atoms with van der Waals surface area (Å²) in [6.45, 7) is 3.79. The van der Waals surface area contributed by atoms with Crippen LogP contribution in [0.3, 0.4) is 0 Å². The molecule has 2 heterocycles. The van der Waals surface area contributed by atoms with Crippen molar-refractivity contribution in [3.8, 4) is 17.3 Å². The lowest BCUT2D eigenvalue weighted by molar-refractivity contribution is 0.208. The lowest BCUT2D eigenvalue weighted by Gasteiger charge is -2.11. The molecule has 2 N–H and O–H groups in total. The van der Waals surface area contributed by atoms with Crippen molar-refractivity contribution in [2.24, 2.45) is 11.7 Å². The number of carbonyl (C=O) groups excluding carboxylic acids is 1. The number of nitrogens with zero attached hydrogens (tertiary/aromatic N) is 3. The molecule has 0 radical (unpaired) electrons. The third-order valence-electron chi connectivity index (χ3n) is 3.92. The van der Waals surface area contributed by atoms with E-state index >= 15 is 0 Å². The molecule has 2 aromatic heterocycles. The molecule has 2 aromatic rings. The van der Waals surface area contributed by atoms with E-state index in [9.17, 15) is 4.79 Å². The number of nitrogens with two attached hydrogens (primary N) is 1. The van der Waals surface area contributed by atoms with Gasteiger partial charge in [0.1, 0.15) is 0 Å². The lowest BCUT2D eigenvalue weighted by atomic mass is 10.1. The molecule has 1 fully saturated rings. The number of imidazole rings is 1. The Kier molecular flexibility index (Phi) is 4.32. The molecule has 0 unspecified atom stereocenters. The van der Waals surface area contributed by atoms with Crippen LogP contribution in [0.15, 0.2) is 24.5 Å². The number of rotatable bonds is 6. The number of ether oxygens (including phenoxy) is 1. The van der Waals surface area contributed by atoms with Gasteiger partial charge in [-0.25, -0.2) is 9.36 Å². The molecular weight excluding hydrogens is 292 g/mol. The first-order chi connectivity index (χ1) is 11.1. The van der Waals surface area contributed by atoms with E-state index < -0.39 is 6.03 Å². The van der Waals surface area contributed by atoms with Gasteiger partial charge in [-0.05, 0) is 44.7 Å². The number of carbonyl (C=O) groups is 1. The minimum atomic E-state index is -0.561. The first-order valence-corrected chi connectivity index (χ1v) is 8.04. The Labute approximate surface area is 135 Å². The Morgan fingerprint density at radius 3 is 2.83 bits per heavy atom. The highest BCUT2D eigenvalue weighted by Gasteiger charge is 2.27. The number of hydrogen-bond donors (Lipinski definition) is 1. The van der Waals surface area contributed by atoms with Crippen molar-refractivity contribution in [1.82, 2.24) is 14.5 Å². The van der Waals surface area contributed by atoms with E-state index in [-0.39, 0.29) is 12.1 Å². The van der Waals surface area contributed by atoms with E-state index in [4.69, 9.17) is 10.5 Å². The van der Waals surface area contributed by atoms with Crippen LogP contribution in [0.25, 0.3) is 11.3 Å². The highest BCUT2D eigenvalue weighted by Crippen LogP contribution is 2.36. The van der Waals surface area contributed by atoms with Crippen LogP contribution in [-0.4, -0.2) is 26.7 Å². The van der Waals surface area contributed by atoms with E-state index in [1.165, 1.54) is 17.4 Å². The van der Waals surface area contributed by atoms with Gasteiger partial charge in [-0.1, -0.05) is 12.8 Å². The molecule has 23 heavy (non-hydrogen) atoms. The van der Waals surface area contributed by atoms with Crippen molar-refractivity contribution < 1.29 is 9.53 Å². The van der Waals surface area contributed by atoms with Crippen molar-refractivity contribution in [2.75, 3.05) is 0 Å². The van der Waals surface area contributed by atoms with Crippen LogP contribution in [0.1, 0.15) is 38.8 Å². The Balaban J connectivity index is 2.05. The Morgan fingerprint density at radius 1 is 1.48 bits per heavy atom. The number of pyridine rings is 1. The molecule has 0 aromatic carbocycles. The zero-order valence-electron chi connectivity index (χ0n) is 13.5. The van der Waals surface area contributed by atoms with Crippen LogP contribution >= 0.6 is 0 Å². The minimum Gasteiger partial charge on any atom is -0.462 e. The van der Waals surface area contributed by atoms with Crippen LogP contribution in [0.5, 0.6) is 6.01 Å². The van der Waals surface area contributed by atoms with Gasteiger partial charge in [-0.3, -0.25) is 4.98 Å². The highest BCUT2D eigenvalue weighted by molar-refractivity contribution is 5.80. The predicted molar refractivity (Wildman–Crippen MR) is 87.2 cm³/mol. The van der Waals surface area contributed by atoms with E-state index in [1.807, 2.05) is 26.0 Å². The van der Waals surface area contributed by atoms with Gasteiger partial charge in [0.05, 0.1) is 17.5 Å². The van der Waals surface area contributed by atoms with Crippen LogP contribution in [0, 0.1) is 5.92 Å². The summed E-state index contributed by atoms with van der Waals surface area (Å²) in [5.41, 5.74) is 8.00. The monoisotopic (exact) mass is 314 g/mol. The summed E-state index contributed by atoms with van der Waals surface area (Å²) in [6.07, 6.45) is 7.69. The number of aromatic nitrogens is 3. The van der Waals surface area contributed by atoms with Crippen LogP contribution in [-0.2, 0) is 6.42 Å². The van der Waals surface area contributed by atoms with Gasteiger partial charge in [0.15, 0.2) is 0 Å². The first-order valence-electron chi connectivity index (χ1n) is 8.04. The maximum Gasteiger partial charge on any atom is 0.327 e. The van der Waals surface area contributed by atoms with Gasteiger partial charge < -0.3 is 10.5 Å². The average Bonchev–Trinajstić information content (AvgIpc) is 3.27. The predicted octanol–water partition coefficient (Wildman–Crippen LogP) is 3.00. The number of hydrogen-bond acceptors (Lipinski definition) is 4. The molecule has 1 amide bonds. The molecule has 3 rings (SSSR count). The smallest absolute Gasteiger partial charge is 0.327 e. The summed E-state index contributed by atoms with van der Waals surface area (Å²) in [6, 6.07) is 3.48. The molecular formula is C17H22N4O2. The van der Waals surface area contributed by atoms with Gasteiger partial charge >= 0.3 is 12.0 Å². The van der Waals surface area contributed by atoms with E-state index in [2.05, 4.69) is 9.97 Å². The summed E-state index contributed by atoms with van der Waals surface area (Å²) >= 11 is 0. The molecule has 0 bridgehead atoms. The zero-order valence-corrected chi connectivity index (χ0v) is 13.5. The SMILES string of the molecule is CC(C)Oc1nc(-c2cccnc2)c(CCC2CC2)n1C(N)=O. The van der Waals surface area contributed by atoms with Gasteiger partial charge in [0.2, 0.25) is 0 Å². The molecule has 0 aliphatic heterocycles. The second-order valence-corrected chi connectivity index (χ2v) is 6.25. The van der Waals surface area contributed by atoms with Crippen molar-refractivity contribution in [3.05, 3.63) is 30.2 Å². The molecule has 6 heteroatoms. The minimum absolute atomic E-state index is 0.0893. The summed E-state index contributed by atoms with van der Waals surface area (Å²) < 4.78 is 7.11. The molecule has 0 atom stereocenters. The van der Waals surface area contributed by atoms with Crippen molar-refractivity contribution >= 4 is 6.03 Å². The molecule has 0 saturated heterocycles. The van der Waals surface area contributed by atoms with E-state index in [0.717, 1.165) is 35.7 Å². The summed E-state index contributed by atoms with van der Waals surface area (Å²) in [7, 11) is 0. The van der Waals surface area contributed by atoms with Crippen LogP contribution in [0.2, 0.25) is 0 Å². The molecule has 0 spiro atoms. The molecule has 122 valence electrons. The topological polar surface area (TPSA) is 83.0 Å². The standard InChI is InChI=1S/C17H22N4O2/c1-11(2)23-17-20-15(13-4-3-9-19-10-13)14(21(17)16(18)22)8-7-12-5-6-12/h3-4,9-12H,5-8H2,1-2H3,(H2,18,22). The van der Waals surface area contributed by atoms with Gasteiger partial charge in [0, 0.05) is 18.0 Å². The normalized spacial score (nSPS) is 14.2. The quantitative estimate of drug-likeness (QED) is 0.888. The van der Waals surface area contributed by atoms with Crippen LogP contribution < -0.4 is 10.5 Å². The summed E-state index contributed by atoms with van der Waals surface area (Å²) in [5.74, 6) is 0.752. The molecule has 1 aliphatic carbocycles. The van der Waals surface area contributed by atoms with Gasteiger partial charge in [-0.15, -0.1) is 0 Å². The third-order valence-corrected chi connectivity index (χ3v) is 3.92. The Morgan fingerprint density at radius 2 is 2.26 bits per heavy atom. The molecule has 1 saturated carbocycles.